The van der Waals surface area contributed by atoms with Crippen LogP contribution in [-0.4, -0.2) is 68.6 Å². The molecule has 1 unspecified atom stereocenters. The van der Waals surface area contributed by atoms with Crippen LogP contribution < -0.4 is 10.1 Å². The Morgan fingerprint density at radius 3 is 2.48 bits per heavy atom. The monoisotopic (exact) mass is 493 g/mol. The van der Waals surface area contributed by atoms with Gasteiger partial charge in [0.2, 0.25) is 0 Å². The van der Waals surface area contributed by atoms with Crippen LogP contribution in [0.25, 0.3) is 0 Å². The summed E-state index contributed by atoms with van der Waals surface area (Å²) in [4.78, 5) is 6.49. The molecule has 27 heavy (non-hydrogen) atoms. The summed E-state index contributed by atoms with van der Waals surface area (Å²) in [6.45, 7) is 11.5. The lowest BCUT2D eigenvalue weighted by atomic mass is 10.2. The molecule has 156 valence electrons. The predicted molar refractivity (Wildman–Crippen MR) is 122 cm³/mol. The number of aliphatic hydroxyl groups excluding tert-OH is 1. The van der Waals surface area contributed by atoms with Crippen molar-refractivity contribution in [1.29, 1.82) is 0 Å². The molecule has 1 rings (SSSR count). The molecule has 0 spiro atoms. The fourth-order valence-corrected chi connectivity index (χ4v) is 2.19. The average Bonchev–Trinajstić information content (AvgIpc) is 2.59. The molecule has 0 bridgehead atoms. The zero-order chi connectivity index (χ0) is 19.4. The van der Waals surface area contributed by atoms with Crippen molar-refractivity contribution in [3.63, 3.8) is 0 Å². The van der Waals surface area contributed by atoms with Gasteiger partial charge in [-0.25, -0.2) is 0 Å². The van der Waals surface area contributed by atoms with E-state index in [0.29, 0.717) is 38.8 Å². The minimum atomic E-state index is -0.598. The number of benzene rings is 1. The summed E-state index contributed by atoms with van der Waals surface area (Å²) in [5, 5.41) is 13.2. The number of halogens is 1. The molecule has 0 amide bonds. The number of nitrogens with one attached hydrogen (secondary N) is 1. The van der Waals surface area contributed by atoms with Crippen molar-refractivity contribution in [3.8, 4) is 5.75 Å². The van der Waals surface area contributed by atoms with E-state index in [1.165, 1.54) is 5.56 Å². The standard InChI is InChI=1S/C20H35N3O3.HI/c1-6-21-20(22-13-18(24)15-25-14-16(2)3)23(5)11-12-26-19-9-7-17(4)8-10-19;/h7-10,16,18,24H,6,11-15H2,1-5H3,(H,21,22);1H. The van der Waals surface area contributed by atoms with Gasteiger partial charge in [-0.3, -0.25) is 4.99 Å². The van der Waals surface area contributed by atoms with Crippen LogP contribution in [0.3, 0.4) is 0 Å². The molecule has 0 saturated carbocycles. The van der Waals surface area contributed by atoms with E-state index < -0.39 is 6.10 Å². The minimum absolute atomic E-state index is 0. The Labute approximate surface area is 181 Å². The highest BCUT2D eigenvalue weighted by molar-refractivity contribution is 14.0. The number of guanidine groups is 1. The molecule has 7 heteroatoms. The van der Waals surface area contributed by atoms with Gasteiger partial charge in [-0.2, -0.15) is 0 Å². The van der Waals surface area contributed by atoms with Gasteiger partial charge in [0.1, 0.15) is 12.4 Å². The molecule has 0 aromatic heterocycles. The number of aryl methyl sites for hydroxylation is 1. The van der Waals surface area contributed by atoms with Crippen LogP contribution in [0, 0.1) is 12.8 Å². The Morgan fingerprint density at radius 1 is 1.22 bits per heavy atom. The van der Waals surface area contributed by atoms with Crippen molar-refractivity contribution in [3.05, 3.63) is 29.8 Å². The lowest BCUT2D eigenvalue weighted by Gasteiger charge is -2.22. The van der Waals surface area contributed by atoms with Crippen molar-refractivity contribution < 1.29 is 14.6 Å². The van der Waals surface area contributed by atoms with E-state index >= 15 is 0 Å². The van der Waals surface area contributed by atoms with Gasteiger partial charge in [0.05, 0.1) is 25.8 Å². The van der Waals surface area contributed by atoms with Crippen LogP contribution in [-0.2, 0) is 4.74 Å². The Bertz CT molecular complexity index is 524. The van der Waals surface area contributed by atoms with Crippen molar-refractivity contribution >= 4 is 29.9 Å². The Hall–Kier alpha value is -1.06. The SMILES string of the molecule is CCNC(=NCC(O)COCC(C)C)N(C)CCOc1ccc(C)cc1.I. The van der Waals surface area contributed by atoms with E-state index in [1.807, 2.05) is 43.1 Å². The van der Waals surface area contributed by atoms with Crippen LogP contribution >= 0.6 is 24.0 Å². The van der Waals surface area contributed by atoms with Gasteiger partial charge in [0.25, 0.3) is 0 Å². The third kappa shape index (κ3) is 12.1. The molecule has 0 fully saturated rings. The summed E-state index contributed by atoms with van der Waals surface area (Å²) in [6, 6.07) is 8.02. The predicted octanol–water partition coefficient (Wildman–Crippen LogP) is 2.92. The number of aliphatic imine (C=N–C) groups is 1. The van der Waals surface area contributed by atoms with Crippen LogP contribution in [0.15, 0.2) is 29.3 Å². The number of rotatable bonds is 11. The fourth-order valence-electron chi connectivity index (χ4n) is 2.19. The Balaban J connectivity index is 0.00000676. The Kier molecular flexibility index (Phi) is 14.3. The first kappa shape index (κ1) is 25.9. The zero-order valence-corrected chi connectivity index (χ0v) is 19.6. The second kappa shape index (κ2) is 14.9. The van der Waals surface area contributed by atoms with Crippen molar-refractivity contribution in [2.75, 3.05) is 46.5 Å². The van der Waals surface area contributed by atoms with Crippen molar-refractivity contribution in [2.24, 2.45) is 10.9 Å². The number of aliphatic hydroxyl groups is 1. The third-order valence-electron chi connectivity index (χ3n) is 3.63. The highest BCUT2D eigenvalue weighted by Gasteiger charge is 2.09. The summed E-state index contributed by atoms with van der Waals surface area (Å²) >= 11 is 0. The zero-order valence-electron chi connectivity index (χ0n) is 17.3. The maximum absolute atomic E-state index is 10.0. The minimum Gasteiger partial charge on any atom is -0.492 e. The molecular formula is C20H36IN3O3. The van der Waals surface area contributed by atoms with E-state index in [2.05, 4.69) is 31.1 Å². The maximum Gasteiger partial charge on any atom is 0.193 e. The molecule has 1 aromatic carbocycles. The number of ether oxygens (including phenoxy) is 2. The normalized spacial score (nSPS) is 12.5. The molecule has 0 aliphatic rings. The molecular weight excluding hydrogens is 457 g/mol. The number of hydrogen-bond donors (Lipinski definition) is 2. The summed E-state index contributed by atoms with van der Waals surface area (Å²) in [7, 11) is 1.96. The molecule has 6 nitrogen and oxygen atoms in total. The van der Waals surface area contributed by atoms with Gasteiger partial charge in [0, 0.05) is 20.2 Å². The quantitative estimate of drug-likeness (QED) is 0.282. The first-order valence-corrected chi connectivity index (χ1v) is 9.37. The molecule has 0 aliphatic carbocycles. The molecule has 0 radical (unpaired) electrons. The van der Waals surface area contributed by atoms with E-state index in [1.54, 1.807) is 0 Å². The molecule has 1 aromatic rings. The molecule has 0 saturated heterocycles. The largest absolute Gasteiger partial charge is 0.492 e. The van der Waals surface area contributed by atoms with Gasteiger partial charge < -0.3 is 24.8 Å². The average molecular weight is 493 g/mol. The number of hydrogen-bond acceptors (Lipinski definition) is 4. The first-order chi connectivity index (χ1) is 12.4. The molecule has 0 heterocycles. The first-order valence-electron chi connectivity index (χ1n) is 9.37. The van der Waals surface area contributed by atoms with Crippen LogP contribution in [0.4, 0.5) is 0 Å². The van der Waals surface area contributed by atoms with Gasteiger partial charge in [-0.15, -0.1) is 24.0 Å². The van der Waals surface area contributed by atoms with Gasteiger partial charge in [-0.1, -0.05) is 31.5 Å². The number of likely N-dealkylation sites (N-methyl/N-ethyl adjacent to an activating group) is 1. The van der Waals surface area contributed by atoms with E-state index in [0.717, 1.165) is 18.3 Å². The van der Waals surface area contributed by atoms with Crippen LogP contribution in [0.5, 0.6) is 5.75 Å². The smallest absolute Gasteiger partial charge is 0.193 e. The lowest BCUT2D eigenvalue weighted by molar-refractivity contribution is 0.0300. The second-order valence-corrected chi connectivity index (χ2v) is 6.86. The Morgan fingerprint density at radius 2 is 1.89 bits per heavy atom. The number of nitrogens with zero attached hydrogens (tertiary/aromatic N) is 2. The summed E-state index contributed by atoms with van der Waals surface area (Å²) in [6.07, 6.45) is -0.598. The summed E-state index contributed by atoms with van der Waals surface area (Å²) < 4.78 is 11.2. The summed E-state index contributed by atoms with van der Waals surface area (Å²) in [5.74, 6) is 2.08. The van der Waals surface area contributed by atoms with Crippen molar-refractivity contribution in [1.82, 2.24) is 10.2 Å². The van der Waals surface area contributed by atoms with Gasteiger partial charge in [0.15, 0.2) is 5.96 Å². The van der Waals surface area contributed by atoms with Crippen LogP contribution in [0.2, 0.25) is 0 Å². The van der Waals surface area contributed by atoms with Crippen LogP contribution in [0.1, 0.15) is 26.3 Å². The van der Waals surface area contributed by atoms with Crippen molar-refractivity contribution in [2.45, 2.75) is 33.8 Å². The van der Waals surface area contributed by atoms with E-state index in [9.17, 15) is 5.11 Å². The maximum atomic E-state index is 10.0. The highest BCUT2D eigenvalue weighted by atomic mass is 127. The topological polar surface area (TPSA) is 66.3 Å². The molecule has 0 aliphatic heterocycles. The van der Waals surface area contributed by atoms with E-state index in [4.69, 9.17) is 9.47 Å². The van der Waals surface area contributed by atoms with E-state index in [-0.39, 0.29) is 24.0 Å². The van der Waals surface area contributed by atoms with Gasteiger partial charge >= 0.3 is 0 Å². The lowest BCUT2D eigenvalue weighted by Crippen LogP contribution is -2.41. The third-order valence-corrected chi connectivity index (χ3v) is 3.63. The second-order valence-electron chi connectivity index (χ2n) is 6.86. The molecule has 2 N–H and O–H groups in total. The van der Waals surface area contributed by atoms with Gasteiger partial charge in [-0.05, 0) is 31.9 Å². The molecule has 1 atom stereocenters. The summed E-state index contributed by atoms with van der Waals surface area (Å²) in [5.41, 5.74) is 1.21. The highest BCUT2D eigenvalue weighted by Crippen LogP contribution is 2.11. The fraction of sp³-hybridized carbons (Fsp3) is 0.650.